The van der Waals surface area contributed by atoms with Crippen LogP contribution in [-0.2, 0) is 0 Å². The summed E-state index contributed by atoms with van der Waals surface area (Å²) >= 11 is 0. The molecule has 72 valence electrons. The molecule has 0 spiro atoms. The van der Waals surface area contributed by atoms with Gasteiger partial charge in [-0.2, -0.15) is 0 Å². The fraction of sp³-hybridized carbons (Fsp3) is 1.00. The van der Waals surface area contributed by atoms with E-state index in [2.05, 4.69) is 11.8 Å². The van der Waals surface area contributed by atoms with Crippen LogP contribution in [0.25, 0.3) is 0 Å². The minimum atomic E-state index is 0.0629. The largest absolute Gasteiger partial charge is 0.396 e. The number of nitrogens with zero attached hydrogens (tertiary/aromatic N) is 1. The summed E-state index contributed by atoms with van der Waals surface area (Å²) in [6, 6.07) is 0. The van der Waals surface area contributed by atoms with Gasteiger partial charge >= 0.3 is 0 Å². The SMILES string of the molecule is CC1(CO)CCCN(CCO)C1. The molecule has 0 saturated carbocycles. The molecule has 1 rings (SSSR count). The Bertz CT molecular complexity index is 138. The Balaban J connectivity index is 2.39. The molecular formula is C9H19NO2. The van der Waals surface area contributed by atoms with E-state index >= 15 is 0 Å². The van der Waals surface area contributed by atoms with Gasteiger partial charge in [-0.1, -0.05) is 6.92 Å². The highest BCUT2D eigenvalue weighted by Crippen LogP contribution is 2.28. The molecular weight excluding hydrogens is 154 g/mol. The Morgan fingerprint density at radius 3 is 2.75 bits per heavy atom. The molecule has 2 N–H and O–H groups in total. The summed E-state index contributed by atoms with van der Waals surface area (Å²) in [5, 5.41) is 17.9. The molecule has 0 amide bonds. The van der Waals surface area contributed by atoms with Crippen LogP contribution in [0, 0.1) is 5.41 Å². The molecule has 1 aliphatic heterocycles. The fourth-order valence-electron chi connectivity index (χ4n) is 1.89. The van der Waals surface area contributed by atoms with Crippen molar-refractivity contribution in [3.63, 3.8) is 0 Å². The van der Waals surface area contributed by atoms with Gasteiger partial charge in [0.2, 0.25) is 0 Å². The number of hydrogen-bond acceptors (Lipinski definition) is 3. The lowest BCUT2D eigenvalue weighted by Crippen LogP contribution is -2.44. The van der Waals surface area contributed by atoms with Gasteiger partial charge in [0.25, 0.3) is 0 Å². The van der Waals surface area contributed by atoms with Crippen LogP contribution in [0.3, 0.4) is 0 Å². The number of aliphatic hydroxyl groups is 2. The van der Waals surface area contributed by atoms with Gasteiger partial charge in [0.05, 0.1) is 6.61 Å². The van der Waals surface area contributed by atoms with Crippen LogP contribution in [0.1, 0.15) is 19.8 Å². The molecule has 0 radical (unpaired) electrons. The molecule has 1 aliphatic rings. The maximum Gasteiger partial charge on any atom is 0.0558 e. The van der Waals surface area contributed by atoms with E-state index < -0.39 is 0 Å². The maximum absolute atomic E-state index is 9.15. The van der Waals surface area contributed by atoms with Crippen molar-refractivity contribution in [1.82, 2.24) is 4.90 Å². The van der Waals surface area contributed by atoms with Crippen LogP contribution in [-0.4, -0.2) is 48.0 Å². The number of likely N-dealkylation sites (tertiary alicyclic amines) is 1. The lowest BCUT2D eigenvalue weighted by molar-refractivity contribution is 0.0388. The van der Waals surface area contributed by atoms with Crippen molar-refractivity contribution in [2.45, 2.75) is 19.8 Å². The van der Waals surface area contributed by atoms with Crippen molar-refractivity contribution < 1.29 is 10.2 Å². The number of β-amino-alcohol motifs (C(OH)–C–C–N with tert-alkyl or cyclic N) is 1. The van der Waals surface area contributed by atoms with Crippen molar-refractivity contribution in [2.75, 3.05) is 32.8 Å². The predicted octanol–water partition coefficient (Wildman–Crippen LogP) is 0.0731. The quantitative estimate of drug-likeness (QED) is 0.635. The Labute approximate surface area is 74.0 Å². The molecule has 12 heavy (non-hydrogen) atoms. The van der Waals surface area contributed by atoms with E-state index in [9.17, 15) is 0 Å². The summed E-state index contributed by atoms with van der Waals surface area (Å²) in [5.41, 5.74) is 0.0629. The highest BCUT2D eigenvalue weighted by atomic mass is 16.3. The average Bonchev–Trinajstić information content (AvgIpc) is 2.05. The number of aliphatic hydroxyl groups excluding tert-OH is 2. The summed E-state index contributed by atoms with van der Waals surface area (Å²) < 4.78 is 0. The third kappa shape index (κ3) is 2.44. The third-order valence-electron chi connectivity index (χ3n) is 2.66. The molecule has 1 heterocycles. The number of rotatable bonds is 3. The van der Waals surface area contributed by atoms with Crippen molar-refractivity contribution in [3.8, 4) is 0 Å². The molecule has 0 aromatic carbocycles. The monoisotopic (exact) mass is 173 g/mol. The van der Waals surface area contributed by atoms with Gasteiger partial charge in [-0.05, 0) is 19.4 Å². The van der Waals surface area contributed by atoms with E-state index in [1.54, 1.807) is 0 Å². The smallest absolute Gasteiger partial charge is 0.0558 e. The van der Waals surface area contributed by atoms with Gasteiger partial charge in [-0.3, -0.25) is 0 Å². The second kappa shape index (κ2) is 4.21. The molecule has 0 aromatic heterocycles. The molecule has 3 heteroatoms. The fourth-order valence-corrected chi connectivity index (χ4v) is 1.89. The van der Waals surface area contributed by atoms with Crippen LogP contribution in [0.4, 0.5) is 0 Å². The molecule has 0 aromatic rings. The Morgan fingerprint density at radius 1 is 1.42 bits per heavy atom. The summed E-state index contributed by atoms with van der Waals surface area (Å²) in [4.78, 5) is 2.22. The van der Waals surface area contributed by atoms with Gasteiger partial charge in [0.1, 0.15) is 0 Å². The molecule has 3 nitrogen and oxygen atoms in total. The lowest BCUT2D eigenvalue weighted by atomic mass is 9.83. The topological polar surface area (TPSA) is 43.7 Å². The van der Waals surface area contributed by atoms with Gasteiger partial charge in [-0.25, -0.2) is 0 Å². The van der Waals surface area contributed by atoms with Crippen LogP contribution < -0.4 is 0 Å². The highest BCUT2D eigenvalue weighted by Gasteiger charge is 2.29. The predicted molar refractivity (Wildman–Crippen MR) is 48.0 cm³/mol. The van der Waals surface area contributed by atoms with Gasteiger partial charge in [0, 0.05) is 25.1 Å². The summed E-state index contributed by atoms with van der Waals surface area (Å²) in [5.74, 6) is 0. The van der Waals surface area contributed by atoms with Crippen LogP contribution in [0.2, 0.25) is 0 Å². The minimum Gasteiger partial charge on any atom is -0.396 e. The Kier molecular flexibility index (Phi) is 3.50. The molecule has 1 fully saturated rings. The second-order valence-corrected chi connectivity index (χ2v) is 4.07. The first-order valence-electron chi connectivity index (χ1n) is 4.64. The van der Waals surface area contributed by atoms with E-state index in [1.807, 2.05) is 0 Å². The first kappa shape index (κ1) is 9.96. The number of hydrogen-bond donors (Lipinski definition) is 2. The Morgan fingerprint density at radius 2 is 2.17 bits per heavy atom. The zero-order valence-electron chi connectivity index (χ0n) is 7.79. The average molecular weight is 173 g/mol. The van der Waals surface area contributed by atoms with Crippen LogP contribution in [0.15, 0.2) is 0 Å². The normalized spacial score (nSPS) is 32.2. The standard InChI is InChI=1S/C9H19NO2/c1-9(8-12)3-2-4-10(7-9)5-6-11/h11-12H,2-8H2,1H3. The lowest BCUT2D eigenvalue weighted by Gasteiger charge is -2.39. The Hall–Kier alpha value is -0.120. The minimum absolute atomic E-state index is 0.0629. The van der Waals surface area contributed by atoms with E-state index in [0.29, 0.717) is 0 Å². The zero-order valence-corrected chi connectivity index (χ0v) is 7.79. The van der Waals surface area contributed by atoms with Crippen molar-refractivity contribution >= 4 is 0 Å². The van der Waals surface area contributed by atoms with E-state index in [1.165, 1.54) is 0 Å². The van der Waals surface area contributed by atoms with Crippen molar-refractivity contribution in [1.29, 1.82) is 0 Å². The second-order valence-electron chi connectivity index (χ2n) is 4.07. The molecule has 1 saturated heterocycles. The maximum atomic E-state index is 9.15. The molecule has 1 atom stereocenters. The first-order chi connectivity index (χ1) is 5.70. The zero-order chi connectivity index (χ0) is 9.03. The molecule has 1 unspecified atom stereocenters. The number of piperidine rings is 1. The third-order valence-corrected chi connectivity index (χ3v) is 2.66. The summed E-state index contributed by atoms with van der Waals surface area (Å²) in [7, 11) is 0. The van der Waals surface area contributed by atoms with E-state index in [4.69, 9.17) is 10.2 Å². The van der Waals surface area contributed by atoms with Crippen LogP contribution >= 0.6 is 0 Å². The first-order valence-corrected chi connectivity index (χ1v) is 4.64. The summed E-state index contributed by atoms with van der Waals surface area (Å²) in [6.07, 6.45) is 2.24. The van der Waals surface area contributed by atoms with Gasteiger partial charge in [0.15, 0.2) is 0 Å². The highest BCUT2D eigenvalue weighted by molar-refractivity contribution is 4.82. The van der Waals surface area contributed by atoms with Crippen LogP contribution in [0.5, 0.6) is 0 Å². The van der Waals surface area contributed by atoms with Gasteiger partial charge < -0.3 is 15.1 Å². The van der Waals surface area contributed by atoms with E-state index in [0.717, 1.165) is 32.5 Å². The summed E-state index contributed by atoms with van der Waals surface area (Å²) in [6.45, 7) is 5.32. The van der Waals surface area contributed by atoms with E-state index in [-0.39, 0.29) is 18.6 Å². The molecule has 0 bridgehead atoms. The molecule has 0 aliphatic carbocycles. The van der Waals surface area contributed by atoms with Gasteiger partial charge in [-0.15, -0.1) is 0 Å². The van der Waals surface area contributed by atoms with Crippen molar-refractivity contribution in [2.24, 2.45) is 5.41 Å². The van der Waals surface area contributed by atoms with Crippen molar-refractivity contribution in [3.05, 3.63) is 0 Å².